The normalized spacial score (nSPS) is 17.3. The summed E-state index contributed by atoms with van der Waals surface area (Å²) in [4.78, 5) is 19.7. The maximum atomic E-state index is 12.3. The molecule has 4 N–H and O–H groups in total. The molecule has 2 aromatic rings. The number of nitrogens with two attached hydrogens (primary N) is 1. The van der Waals surface area contributed by atoms with E-state index >= 15 is 0 Å². The van der Waals surface area contributed by atoms with Gasteiger partial charge in [-0.1, -0.05) is 12.1 Å². The van der Waals surface area contributed by atoms with E-state index in [9.17, 15) is 13.2 Å². The zero-order valence-electron chi connectivity index (χ0n) is 13.2. The van der Waals surface area contributed by atoms with Gasteiger partial charge in [-0.25, -0.2) is 18.5 Å². The molecule has 7 nitrogen and oxygen atoms in total. The molecule has 1 aromatic carbocycles. The quantitative estimate of drug-likeness (QED) is 0.730. The molecule has 1 aliphatic rings. The van der Waals surface area contributed by atoms with E-state index in [2.05, 4.69) is 15.3 Å². The molecule has 0 bridgehead atoms. The highest BCUT2D eigenvalue weighted by atomic mass is 32.2. The molecule has 0 fully saturated rings. The minimum Gasteiger partial charge on any atom is -0.356 e. The van der Waals surface area contributed by atoms with Gasteiger partial charge >= 0.3 is 0 Å². The van der Waals surface area contributed by atoms with E-state index in [0.717, 1.165) is 29.8 Å². The molecule has 0 aliphatic heterocycles. The van der Waals surface area contributed by atoms with Gasteiger partial charge in [-0.2, -0.15) is 0 Å². The molecule has 1 heterocycles. The van der Waals surface area contributed by atoms with Crippen molar-refractivity contribution in [3.8, 4) is 0 Å². The number of aromatic nitrogens is 2. The number of primary sulfonamides is 1. The van der Waals surface area contributed by atoms with Gasteiger partial charge in [0, 0.05) is 24.6 Å². The topological polar surface area (TPSA) is 118 Å². The van der Waals surface area contributed by atoms with Gasteiger partial charge in [-0.15, -0.1) is 0 Å². The van der Waals surface area contributed by atoms with Crippen molar-refractivity contribution < 1.29 is 13.2 Å². The van der Waals surface area contributed by atoms with Gasteiger partial charge in [0.15, 0.2) is 0 Å². The van der Waals surface area contributed by atoms with Crippen LogP contribution in [0.5, 0.6) is 0 Å². The Morgan fingerprint density at radius 1 is 1.33 bits per heavy atom. The highest BCUT2D eigenvalue weighted by molar-refractivity contribution is 7.89. The number of carbonyl (C=O) groups excluding carboxylic acids is 1. The number of nitrogens with zero attached hydrogens (tertiary/aromatic N) is 1. The monoisotopic (exact) mass is 348 g/mol. The van der Waals surface area contributed by atoms with Crippen LogP contribution in [0.4, 0.5) is 0 Å². The summed E-state index contributed by atoms with van der Waals surface area (Å²) in [6.45, 7) is 0.514. The lowest BCUT2D eigenvalue weighted by atomic mass is 9.89. The lowest BCUT2D eigenvalue weighted by Crippen LogP contribution is -2.35. The van der Waals surface area contributed by atoms with Crippen molar-refractivity contribution in [1.82, 2.24) is 15.3 Å². The van der Waals surface area contributed by atoms with Gasteiger partial charge in [0.25, 0.3) is 0 Å². The van der Waals surface area contributed by atoms with Crippen LogP contribution in [-0.2, 0) is 34.1 Å². The Balaban J connectivity index is 1.49. The molecule has 1 aromatic heterocycles. The number of rotatable bonds is 5. The van der Waals surface area contributed by atoms with Gasteiger partial charge in [-0.3, -0.25) is 4.79 Å². The Hall–Kier alpha value is -2.19. The van der Waals surface area contributed by atoms with Gasteiger partial charge in [0.2, 0.25) is 15.9 Å². The van der Waals surface area contributed by atoms with Crippen LogP contribution < -0.4 is 10.5 Å². The molecule has 0 saturated carbocycles. The van der Waals surface area contributed by atoms with Crippen LogP contribution in [0.25, 0.3) is 0 Å². The molecular formula is C16H20N4O3S. The van der Waals surface area contributed by atoms with Crippen molar-refractivity contribution in [3.63, 3.8) is 0 Å². The van der Waals surface area contributed by atoms with Crippen molar-refractivity contribution in [1.29, 1.82) is 0 Å². The average molecular weight is 348 g/mol. The first-order valence-electron chi connectivity index (χ1n) is 7.84. The van der Waals surface area contributed by atoms with Crippen LogP contribution in [-0.4, -0.2) is 30.8 Å². The molecule has 1 atom stereocenters. The third-order valence-electron chi connectivity index (χ3n) is 4.32. The number of fused-ring (bicyclic) bond motifs is 1. The zero-order chi connectivity index (χ0) is 17.2. The van der Waals surface area contributed by atoms with E-state index in [0.29, 0.717) is 19.4 Å². The molecule has 0 radical (unpaired) electrons. The summed E-state index contributed by atoms with van der Waals surface area (Å²) in [7, 11) is -3.67. The Morgan fingerprint density at radius 3 is 2.79 bits per heavy atom. The predicted octanol–water partition coefficient (Wildman–Crippen LogP) is 0.521. The number of hydrogen-bond acceptors (Lipinski definition) is 4. The van der Waals surface area contributed by atoms with Gasteiger partial charge < -0.3 is 10.3 Å². The van der Waals surface area contributed by atoms with Crippen LogP contribution in [0, 0.1) is 5.92 Å². The summed E-state index contributed by atoms with van der Waals surface area (Å²) in [6.07, 6.45) is 4.65. The number of hydrogen-bond donors (Lipinski definition) is 3. The second-order valence-corrected chi connectivity index (χ2v) is 7.56. The Bertz CT molecular complexity index is 827. The van der Waals surface area contributed by atoms with E-state index in [1.807, 2.05) is 0 Å². The Kier molecular flexibility index (Phi) is 4.68. The minimum atomic E-state index is -3.67. The molecule has 24 heavy (non-hydrogen) atoms. The van der Waals surface area contributed by atoms with Gasteiger partial charge in [0.1, 0.15) is 0 Å². The molecule has 0 spiro atoms. The fourth-order valence-corrected chi connectivity index (χ4v) is 3.46. The SMILES string of the molecule is NS(=O)(=O)c1ccc(CCNC(=O)C2CCc3nc[nH]c3C2)cc1. The van der Waals surface area contributed by atoms with Crippen molar-refractivity contribution in [2.75, 3.05) is 6.54 Å². The number of sulfonamides is 1. The van der Waals surface area contributed by atoms with E-state index in [1.165, 1.54) is 12.1 Å². The van der Waals surface area contributed by atoms with Gasteiger partial charge in [-0.05, 0) is 37.0 Å². The maximum Gasteiger partial charge on any atom is 0.238 e. The fourth-order valence-electron chi connectivity index (χ4n) is 2.94. The largest absolute Gasteiger partial charge is 0.356 e. The molecular weight excluding hydrogens is 328 g/mol. The van der Waals surface area contributed by atoms with Crippen LogP contribution >= 0.6 is 0 Å². The van der Waals surface area contributed by atoms with Crippen molar-refractivity contribution in [3.05, 3.63) is 47.5 Å². The lowest BCUT2D eigenvalue weighted by molar-refractivity contribution is -0.125. The van der Waals surface area contributed by atoms with Crippen LogP contribution in [0.15, 0.2) is 35.5 Å². The number of amides is 1. The number of benzene rings is 1. The number of aromatic amines is 1. The van der Waals surface area contributed by atoms with E-state index in [-0.39, 0.29) is 16.7 Å². The van der Waals surface area contributed by atoms with Gasteiger partial charge in [0.05, 0.1) is 16.9 Å². The second-order valence-electron chi connectivity index (χ2n) is 6.00. The molecule has 1 amide bonds. The smallest absolute Gasteiger partial charge is 0.238 e. The third-order valence-corrected chi connectivity index (χ3v) is 5.25. The number of aryl methyl sites for hydroxylation is 1. The Labute approximate surface area is 140 Å². The van der Waals surface area contributed by atoms with Crippen LogP contribution in [0.1, 0.15) is 23.4 Å². The van der Waals surface area contributed by atoms with E-state index in [4.69, 9.17) is 5.14 Å². The standard InChI is InChI=1S/C16H20N4O3S/c17-24(22,23)13-4-1-11(2-5-13)7-8-18-16(21)12-3-6-14-15(9-12)20-10-19-14/h1-2,4-5,10,12H,3,6-9H2,(H,18,21)(H,19,20)(H2,17,22,23). The molecule has 0 saturated heterocycles. The number of H-pyrrole nitrogens is 1. The van der Waals surface area contributed by atoms with E-state index in [1.54, 1.807) is 18.5 Å². The first-order valence-corrected chi connectivity index (χ1v) is 9.38. The summed E-state index contributed by atoms with van der Waals surface area (Å²) in [6, 6.07) is 6.38. The van der Waals surface area contributed by atoms with Crippen LogP contribution in [0.2, 0.25) is 0 Å². The number of carbonyl (C=O) groups is 1. The summed E-state index contributed by atoms with van der Waals surface area (Å²) in [5, 5.41) is 8.02. The molecule has 3 rings (SSSR count). The minimum absolute atomic E-state index is 0.0253. The first kappa shape index (κ1) is 16.7. The third kappa shape index (κ3) is 3.82. The highest BCUT2D eigenvalue weighted by Gasteiger charge is 2.25. The fraction of sp³-hybridized carbons (Fsp3) is 0.375. The summed E-state index contributed by atoms with van der Waals surface area (Å²) in [5.74, 6) is 0.0270. The molecule has 8 heteroatoms. The number of imidazole rings is 1. The second kappa shape index (κ2) is 6.74. The highest BCUT2D eigenvalue weighted by Crippen LogP contribution is 2.22. The molecule has 128 valence electrons. The summed E-state index contributed by atoms with van der Waals surface area (Å²) in [5.41, 5.74) is 3.07. The van der Waals surface area contributed by atoms with Crippen molar-refractivity contribution in [2.24, 2.45) is 11.1 Å². The van der Waals surface area contributed by atoms with Crippen molar-refractivity contribution >= 4 is 15.9 Å². The van der Waals surface area contributed by atoms with E-state index < -0.39 is 10.0 Å². The average Bonchev–Trinajstić information content (AvgIpc) is 3.02. The van der Waals surface area contributed by atoms with Crippen LogP contribution in [0.3, 0.4) is 0 Å². The molecule has 1 unspecified atom stereocenters. The molecule has 1 aliphatic carbocycles. The summed E-state index contributed by atoms with van der Waals surface area (Å²) >= 11 is 0. The summed E-state index contributed by atoms with van der Waals surface area (Å²) < 4.78 is 22.4. The zero-order valence-corrected chi connectivity index (χ0v) is 14.0. The predicted molar refractivity (Wildman–Crippen MR) is 88.6 cm³/mol. The maximum absolute atomic E-state index is 12.3. The first-order chi connectivity index (χ1) is 11.4. The number of nitrogens with one attached hydrogen (secondary N) is 2. The van der Waals surface area contributed by atoms with Crippen molar-refractivity contribution in [2.45, 2.75) is 30.6 Å². The Morgan fingerprint density at radius 2 is 2.08 bits per heavy atom. The lowest BCUT2D eigenvalue weighted by Gasteiger charge is -2.20.